The van der Waals surface area contributed by atoms with Gasteiger partial charge in [-0.05, 0) is 25.5 Å². The molecule has 1 aromatic heterocycles. The minimum absolute atomic E-state index is 0.329. The zero-order valence-electron chi connectivity index (χ0n) is 12.2. The number of rotatable bonds is 5. The van der Waals surface area contributed by atoms with E-state index in [1.54, 1.807) is 6.33 Å². The van der Waals surface area contributed by atoms with Crippen LogP contribution >= 0.6 is 0 Å². The first-order valence-electron chi connectivity index (χ1n) is 7.24. The highest BCUT2D eigenvalue weighted by molar-refractivity contribution is 5.26. The minimum atomic E-state index is -0.773. The molecule has 2 heterocycles. The molecule has 3 rings (SSSR count). The van der Waals surface area contributed by atoms with Crippen LogP contribution in [0.4, 0.5) is 0 Å². The molecular weight excluding hydrogens is 266 g/mol. The summed E-state index contributed by atoms with van der Waals surface area (Å²) in [6, 6.07) is 7.91. The van der Waals surface area contributed by atoms with E-state index in [-0.39, 0.29) is 0 Å². The van der Waals surface area contributed by atoms with Gasteiger partial charge in [0.1, 0.15) is 18.0 Å². The number of hydrogen-bond acceptors (Lipinski definition) is 4. The summed E-state index contributed by atoms with van der Waals surface area (Å²) in [4.78, 5) is 9.32. The number of ether oxygens (including phenoxy) is 1. The number of benzene rings is 1. The Morgan fingerprint density at radius 1 is 1.38 bits per heavy atom. The third-order valence-electron chi connectivity index (χ3n) is 3.89. The summed E-state index contributed by atoms with van der Waals surface area (Å²) in [5.41, 5.74) is 1.50. The van der Waals surface area contributed by atoms with Gasteiger partial charge in [0.25, 0.3) is 0 Å². The smallest absolute Gasteiger partial charge is 0.119 e. The van der Waals surface area contributed by atoms with Crippen LogP contribution in [0.1, 0.15) is 17.7 Å². The summed E-state index contributed by atoms with van der Waals surface area (Å²) in [7, 11) is 0. The number of aromatic nitrogens is 2. The molecular formula is C16H21N3O2. The van der Waals surface area contributed by atoms with E-state index in [1.807, 2.05) is 37.4 Å². The Bertz CT molecular complexity index is 568. The van der Waals surface area contributed by atoms with E-state index in [0.717, 1.165) is 31.0 Å². The van der Waals surface area contributed by atoms with Gasteiger partial charge in [0.2, 0.25) is 0 Å². The molecule has 0 radical (unpaired) electrons. The van der Waals surface area contributed by atoms with Crippen LogP contribution in [0.2, 0.25) is 0 Å². The molecule has 5 heteroatoms. The molecule has 0 aliphatic carbocycles. The van der Waals surface area contributed by atoms with Crippen molar-refractivity contribution in [3.8, 4) is 5.75 Å². The van der Waals surface area contributed by atoms with Crippen LogP contribution in [0, 0.1) is 6.92 Å². The average molecular weight is 287 g/mol. The van der Waals surface area contributed by atoms with Gasteiger partial charge in [-0.15, -0.1) is 0 Å². The zero-order chi connectivity index (χ0) is 14.7. The Kier molecular flexibility index (Phi) is 3.94. The van der Waals surface area contributed by atoms with Crippen molar-refractivity contribution in [1.29, 1.82) is 0 Å². The first-order valence-corrected chi connectivity index (χ1v) is 7.24. The number of likely N-dealkylation sites (tertiary alicyclic amines) is 1. The predicted octanol–water partition coefficient (Wildman–Crippen LogP) is 1.73. The number of imidazole rings is 1. The molecule has 5 nitrogen and oxygen atoms in total. The van der Waals surface area contributed by atoms with Gasteiger partial charge in [0.05, 0.1) is 6.33 Å². The molecule has 1 fully saturated rings. The molecule has 112 valence electrons. The van der Waals surface area contributed by atoms with Gasteiger partial charge in [0, 0.05) is 31.5 Å². The fourth-order valence-electron chi connectivity index (χ4n) is 2.66. The molecule has 1 aliphatic rings. The second-order valence-corrected chi connectivity index (χ2v) is 5.86. The summed E-state index contributed by atoms with van der Waals surface area (Å²) >= 11 is 0. The minimum Gasteiger partial charge on any atom is -0.491 e. The van der Waals surface area contributed by atoms with E-state index >= 15 is 0 Å². The first-order chi connectivity index (χ1) is 10.1. The first kappa shape index (κ1) is 14.1. The Balaban J connectivity index is 1.52. The van der Waals surface area contributed by atoms with Crippen LogP contribution in [-0.4, -0.2) is 45.3 Å². The van der Waals surface area contributed by atoms with Crippen LogP contribution < -0.4 is 4.74 Å². The monoisotopic (exact) mass is 287 g/mol. The average Bonchev–Trinajstić information content (AvgIpc) is 3.10. The summed E-state index contributed by atoms with van der Waals surface area (Å²) in [6.45, 7) is 4.65. The number of aryl methyl sites for hydroxylation is 1. The van der Waals surface area contributed by atoms with Gasteiger partial charge in [-0.1, -0.05) is 17.7 Å². The van der Waals surface area contributed by atoms with Crippen LogP contribution in [0.3, 0.4) is 0 Å². The highest BCUT2D eigenvalue weighted by Crippen LogP contribution is 2.24. The van der Waals surface area contributed by atoms with Gasteiger partial charge < -0.3 is 14.8 Å². The SMILES string of the molecule is Cc1ccc(OC[C@@]2(O)CCN(Cc3cnc[nH]3)C2)cc1. The molecule has 0 amide bonds. The maximum absolute atomic E-state index is 10.6. The summed E-state index contributed by atoms with van der Waals surface area (Å²) < 4.78 is 5.73. The van der Waals surface area contributed by atoms with Crippen LogP contribution in [0.25, 0.3) is 0 Å². The number of nitrogens with one attached hydrogen (secondary N) is 1. The van der Waals surface area contributed by atoms with Gasteiger partial charge in [-0.25, -0.2) is 4.98 Å². The van der Waals surface area contributed by atoms with Gasteiger partial charge in [-0.3, -0.25) is 4.90 Å². The van der Waals surface area contributed by atoms with Crippen molar-refractivity contribution < 1.29 is 9.84 Å². The quantitative estimate of drug-likeness (QED) is 0.879. The number of H-pyrrole nitrogens is 1. The molecule has 1 aliphatic heterocycles. The van der Waals surface area contributed by atoms with E-state index in [4.69, 9.17) is 4.74 Å². The third kappa shape index (κ3) is 3.62. The Hall–Kier alpha value is -1.85. The van der Waals surface area contributed by atoms with E-state index < -0.39 is 5.60 Å². The topological polar surface area (TPSA) is 61.4 Å². The van der Waals surface area contributed by atoms with Crippen LogP contribution in [0.15, 0.2) is 36.8 Å². The molecule has 2 aromatic rings. The second-order valence-electron chi connectivity index (χ2n) is 5.86. The fourth-order valence-corrected chi connectivity index (χ4v) is 2.66. The van der Waals surface area contributed by atoms with Crippen molar-refractivity contribution in [2.45, 2.75) is 25.5 Å². The lowest BCUT2D eigenvalue weighted by Crippen LogP contribution is -2.39. The highest BCUT2D eigenvalue weighted by atomic mass is 16.5. The molecule has 1 atom stereocenters. The fraction of sp³-hybridized carbons (Fsp3) is 0.438. The maximum atomic E-state index is 10.6. The van der Waals surface area contributed by atoms with E-state index in [0.29, 0.717) is 13.2 Å². The van der Waals surface area contributed by atoms with Crippen molar-refractivity contribution in [3.05, 3.63) is 48.0 Å². The van der Waals surface area contributed by atoms with E-state index in [1.165, 1.54) is 5.56 Å². The molecule has 0 unspecified atom stereocenters. The Morgan fingerprint density at radius 2 is 2.19 bits per heavy atom. The number of hydrogen-bond donors (Lipinski definition) is 2. The van der Waals surface area contributed by atoms with Crippen molar-refractivity contribution in [1.82, 2.24) is 14.9 Å². The largest absolute Gasteiger partial charge is 0.491 e. The molecule has 1 aromatic carbocycles. The summed E-state index contributed by atoms with van der Waals surface area (Å²) in [5, 5.41) is 10.6. The van der Waals surface area contributed by atoms with Crippen LogP contribution in [0.5, 0.6) is 5.75 Å². The lowest BCUT2D eigenvalue weighted by molar-refractivity contribution is 0.00331. The number of aliphatic hydroxyl groups is 1. The zero-order valence-corrected chi connectivity index (χ0v) is 12.2. The number of nitrogens with zero attached hydrogens (tertiary/aromatic N) is 2. The second kappa shape index (κ2) is 5.87. The molecule has 21 heavy (non-hydrogen) atoms. The Morgan fingerprint density at radius 3 is 2.90 bits per heavy atom. The van der Waals surface area contributed by atoms with Crippen molar-refractivity contribution in [2.75, 3.05) is 19.7 Å². The van der Waals surface area contributed by atoms with Gasteiger partial charge in [-0.2, -0.15) is 0 Å². The lowest BCUT2D eigenvalue weighted by Gasteiger charge is -2.23. The van der Waals surface area contributed by atoms with Gasteiger partial charge >= 0.3 is 0 Å². The van der Waals surface area contributed by atoms with E-state index in [2.05, 4.69) is 14.9 Å². The van der Waals surface area contributed by atoms with Crippen LogP contribution in [-0.2, 0) is 6.54 Å². The molecule has 0 bridgehead atoms. The standard InChI is InChI=1S/C16H21N3O2/c1-13-2-4-15(5-3-13)21-11-16(20)6-7-19(10-16)9-14-8-17-12-18-14/h2-5,8,12,20H,6-7,9-11H2,1H3,(H,17,18)/t16-/m1/s1. The molecule has 0 saturated carbocycles. The highest BCUT2D eigenvalue weighted by Gasteiger charge is 2.36. The number of β-amino-alcohol motifs (C(OH)–C–C–N with tert-alkyl or cyclic N) is 1. The lowest BCUT2D eigenvalue weighted by atomic mass is 10.1. The van der Waals surface area contributed by atoms with Crippen molar-refractivity contribution in [2.24, 2.45) is 0 Å². The summed E-state index contributed by atoms with van der Waals surface area (Å²) in [6.07, 6.45) is 4.23. The normalized spacial score (nSPS) is 22.6. The Labute approximate surface area is 124 Å². The third-order valence-corrected chi connectivity index (χ3v) is 3.89. The molecule has 0 spiro atoms. The predicted molar refractivity (Wildman–Crippen MR) is 80.1 cm³/mol. The van der Waals surface area contributed by atoms with Crippen molar-refractivity contribution >= 4 is 0 Å². The molecule has 1 saturated heterocycles. The van der Waals surface area contributed by atoms with E-state index in [9.17, 15) is 5.11 Å². The van der Waals surface area contributed by atoms with Gasteiger partial charge in [0.15, 0.2) is 0 Å². The maximum Gasteiger partial charge on any atom is 0.119 e. The summed E-state index contributed by atoms with van der Waals surface area (Å²) in [5.74, 6) is 0.807. The molecule has 2 N–H and O–H groups in total. The van der Waals surface area contributed by atoms with Crippen molar-refractivity contribution in [3.63, 3.8) is 0 Å². The number of aromatic amines is 1.